The second-order valence-corrected chi connectivity index (χ2v) is 4.79. The minimum atomic E-state index is -0.992. The molecule has 2 aromatic rings. The average Bonchev–Trinajstić information content (AvgIpc) is 2.37. The molecule has 104 valence electrons. The molecule has 2 aromatic carbocycles. The lowest BCUT2D eigenvalue weighted by Gasteiger charge is -2.07. The van der Waals surface area contributed by atoms with E-state index >= 15 is 0 Å². The monoisotopic (exact) mass is 344 g/mol. The number of ether oxygens (including phenoxy) is 1. The van der Waals surface area contributed by atoms with Crippen LogP contribution in [0.5, 0.6) is 0 Å². The van der Waals surface area contributed by atoms with Crippen LogP contribution in [0.15, 0.2) is 40.9 Å². The predicted molar refractivity (Wildman–Crippen MR) is 69.6 cm³/mol. The first-order valence-corrected chi connectivity index (χ1v) is 6.33. The fourth-order valence-electron chi connectivity index (χ4n) is 1.51. The summed E-state index contributed by atoms with van der Waals surface area (Å²) in [6, 6.07) is 6.45. The number of hydrogen-bond donors (Lipinski definition) is 0. The molecule has 0 atom stereocenters. The van der Waals surface area contributed by atoms with E-state index in [1.807, 2.05) is 0 Å². The molecule has 2 rings (SSSR count). The summed E-state index contributed by atoms with van der Waals surface area (Å²) in [5.41, 5.74) is 0.173. The van der Waals surface area contributed by atoms with E-state index in [9.17, 15) is 18.0 Å². The van der Waals surface area contributed by atoms with E-state index in [0.29, 0.717) is 16.1 Å². The highest BCUT2D eigenvalue weighted by Crippen LogP contribution is 2.20. The number of rotatable bonds is 3. The summed E-state index contributed by atoms with van der Waals surface area (Å²) in [4.78, 5) is 11.7. The van der Waals surface area contributed by atoms with Crippen molar-refractivity contribution in [2.24, 2.45) is 0 Å². The number of halogens is 4. The molecule has 0 aliphatic rings. The van der Waals surface area contributed by atoms with Gasteiger partial charge >= 0.3 is 5.97 Å². The zero-order valence-electron chi connectivity index (χ0n) is 10.00. The third-order valence-corrected chi connectivity index (χ3v) is 3.26. The van der Waals surface area contributed by atoms with Crippen LogP contribution in [0, 0.1) is 17.5 Å². The summed E-state index contributed by atoms with van der Waals surface area (Å²) in [6.45, 7) is -0.156. The number of carbonyl (C=O) groups is 1. The van der Waals surface area contributed by atoms with Gasteiger partial charge in [-0.25, -0.2) is 18.0 Å². The molecule has 0 aromatic heterocycles. The first kappa shape index (κ1) is 14.6. The van der Waals surface area contributed by atoms with Gasteiger partial charge in [0.1, 0.15) is 24.1 Å². The van der Waals surface area contributed by atoms with E-state index in [2.05, 4.69) is 15.9 Å². The lowest BCUT2D eigenvalue weighted by atomic mass is 10.2. The molecule has 0 spiro atoms. The highest BCUT2D eigenvalue weighted by molar-refractivity contribution is 9.10. The SMILES string of the molecule is O=C(OCc1ccc(F)cc1Br)c1ccc(F)cc1F. The number of esters is 1. The highest BCUT2D eigenvalue weighted by atomic mass is 79.9. The molecule has 0 N–H and O–H groups in total. The summed E-state index contributed by atoms with van der Waals surface area (Å²) in [6.07, 6.45) is 0. The number of carbonyl (C=O) groups excluding carboxylic acids is 1. The maximum Gasteiger partial charge on any atom is 0.341 e. The van der Waals surface area contributed by atoms with Gasteiger partial charge in [-0.15, -0.1) is 0 Å². The van der Waals surface area contributed by atoms with Gasteiger partial charge in [-0.05, 0) is 24.3 Å². The summed E-state index contributed by atoms with van der Waals surface area (Å²) in [5.74, 6) is -3.12. The zero-order valence-corrected chi connectivity index (χ0v) is 11.6. The second-order valence-electron chi connectivity index (χ2n) is 3.94. The van der Waals surface area contributed by atoms with E-state index in [-0.39, 0.29) is 12.2 Å². The molecular formula is C14H8BrF3O2. The fraction of sp³-hybridized carbons (Fsp3) is 0.0714. The van der Waals surface area contributed by atoms with Gasteiger partial charge < -0.3 is 4.74 Å². The Balaban J connectivity index is 2.08. The van der Waals surface area contributed by atoms with Crippen molar-refractivity contribution in [2.45, 2.75) is 6.61 Å². The van der Waals surface area contributed by atoms with Gasteiger partial charge in [0.25, 0.3) is 0 Å². The first-order chi connectivity index (χ1) is 9.47. The van der Waals surface area contributed by atoms with Crippen molar-refractivity contribution >= 4 is 21.9 Å². The molecule has 0 radical (unpaired) electrons. The van der Waals surface area contributed by atoms with Gasteiger partial charge in [-0.3, -0.25) is 0 Å². The van der Waals surface area contributed by atoms with Crippen molar-refractivity contribution in [1.82, 2.24) is 0 Å². The summed E-state index contributed by atoms with van der Waals surface area (Å²) < 4.78 is 44.3. The molecule has 0 bridgehead atoms. The van der Waals surface area contributed by atoms with E-state index in [1.54, 1.807) is 0 Å². The van der Waals surface area contributed by atoms with E-state index in [0.717, 1.165) is 12.1 Å². The molecule has 0 fully saturated rings. The smallest absolute Gasteiger partial charge is 0.341 e. The third kappa shape index (κ3) is 3.39. The van der Waals surface area contributed by atoms with Crippen LogP contribution in [-0.2, 0) is 11.3 Å². The van der Waals surface area contributed by atoms with Crippen LogP contribution in [0.25, 0.3) is 0 Å². The van der Waals surface area contributed by atoms with Gasteiger partial charge in [0.05, 0.1) is 5.56 Å². The van der Waals surface area contributed by atoms with Gasteiger partial charge in [0.2, 0.25) is 0 Å². The quantitative estimate of drug-likeness (QED) is 0.779. The molecule has 0 unspecified atom stereocenters. The summed E-state index contributed by atoms with van der Waals surface area (Å²) in [7, 11) is 0. The van der Waals surface area contributed by atoms with Crippen molar-refractivity contribution in [3.05, 3.63) is 69.4 Å². The van der Waals surface area contributed by atoms with E-state index in [1.165, 1.54) is 18.2 Å². The normalized spacial score (nSPS) is 10.4. The standard InChI is InChI=1S/C14H8BrF3O2/c15-12-5-9(16)2-1-8(12)7-20-14(19)11-4-3-10(17)6-13(11)18/h1-6H,7H2. The Morgan fingerprint density at radius 2 is 1.70 bits per heavy atom. The van der Waals surface area contributed by atoms with Crippen LogP contribution < -0.4 is 0 Å². The Kier molecular flexibility index (Phi) is 4.44. The van der Waals surface area contributed by atoms with Gasteiger partial charge in [-0.2, -0.15) is 0 Å². The molecule has 0 heterocycles. The molecule has 0 aliphatic carbocycles. The third-order valence-electron chi connectivity index (χ3n) is 2.52. The van der Waals surface area contributed by atoms with Crippen molar-refractivity contribution in [3.63, 3.8) is 0 Å². The average molecular weight is 345 g/mol. The molecular weight excluding hydrogens is 337 g/mol. The van der Waals surface area contributed by atoms with Gasteiger partial charge in [-0.1, -0.05) is 22.0 Å². The largest absolute Gasteiger partial charge is 0.457 e. The van der Waals surface area contributed by atoms with Crippen molar-refractivity contribution in [1.29, 1.82) is 0 Å². The maximum atomic E-state index is 13.4. The van der Waals surface area contributed by atoms with Crippen LogP contribution in [0.3, 0.4) is 0 Å². The molecule has 0 aliphatic heterocycles. The van der Waals surface area contributed by atoms with Crippen molar-refractivity contribution in [3.8, 4) is 0 Å². The Hall–Kier alpha value is -1.82. The van der Waals surface area contributed by atoms with Gasteiger partial charge in [0.15, 0.2) is 0 Å². The molecule has 6 heteroatoms. The van der Waals surface area contributed by atoms with Crippen LogP contribution >= 0.6 is 15.9 Å². The minimum Gasteiger partial charge on any atom is -0.457 e. The first-order valence-electron chi connectivity index (χ1n) is 5.53. The second kappa shape index (κ2) is 6.09. The van der Waals surface area contributed by atoms with Gasteiger partial charge in [0, 0.05) is 16.1 Å². The summed E-state index contributed by atoms with van der Waals surface area (Å²) in [5, 5.41) is 0. The van der Waals surface area contributed by atoms with Crippen molar-refractivity contribution in [2.75, 3.05) is 0 Å². The maximum absolute atomic E-state index is 13.4. The van der Waals surface area contributed by atoms with E-state index < -0.39 is 23.4 Å². The fourth-order valence-corrected chi connectivity index (χ4v) is 1.98. The molecule has 0 saturated heterocycles. The molecule has 0 saturated carbocycles. The topological polar surface area (TPSA) is 26.3 Å². The lowest BCUT2D eigenvalue weighted by Crippen LogP contribution is -2.08. The van der Waals surface area contributed by atoms with Crippen LogP contribution in [0.4, 0.5) is 13.2 Å². The van der Waals surface area contributed by atoms with Crippen molar-refractivity contribution < 1.29 is 22.7 Å². The Labute approximate surface area is 121 Å². The highest BCUT2D eigenvalue weighted by Gasteiger charge is 2.14. The van der Waals surface area contributed by atoms with Crippen LogP contribution in [0.2, 0.25) is 0 Å². The Bertz CT molecular complexity index is 659. The molecule has 0 amide bonds. The van der Waals surface area contributed by atoms with E-state index in [4.69, 9.17) is 4.74 Å². The molecule has 2 nitrogen and oxygen atoms in total. The minimum absolute atomic E-state index is 0.156. The Morgan fingerprint density at radius 1 is 1.05 bits per heavy atom. The number of hydrogen-bond acceptors (Lipinski definition) is 2. The lowest BCUT2D eigenvalue weighted by molar-refractivity contribution is 0.0466. The molecule has 20 heavy (non-hydrogen) atoms. The predicted octanol–water partition coefficient (Wildman–Crippen LogP) is 4.22. The Morgan fingerprint density at radius 3 is 2.35 bits per heavy atom. The van der Waals surface area contributed by atoms with Crippen LogP contribution in [-0.4, -0.2) is 5.97 Å². The summed E-state index contributed by atoms with van der Waals surface area (Å²) >= 11 is 3.12. The van der Waals surface area contributed by atoms with Crippen LogP contribution in [0.1, 0.15) is 15.9 Å². The number of benzene rings is 2. The zero-order chi connectivity index (χ0) is 14.7.